The summed E-state index contributed by atoms with van der Waals surface area (Å²) in [5.74, 6) is 0.00783. The first kappa shape index (κ1) is 17.2. The number of halogens is 2. The molecule has 0 saturated heterocycles. The maximum Gasteiger partial charge on any atom is 0.224 e. The van der Waals surface area contributed by atoms with Gasteiger partial charge in [-0.1, -0.05) is 30.7 Å². The third kappa shape index (κ3) is 5.25. The first-order chi connectivity index (χ1) is 8.04. The lowest BCUT2D eigenvalue weighted by Crippen LogP contribution is -2.35. The molecule has 0 spiro atoms. The second-order valence-electron chi connectivity index (χ2n) is 4.24. The summed E-state index contributed by atoms with van der Waals surface area (Å²) in [6.45, 7) is 4.53. The molecule has 102 valence electrons. The monoisotopic (exact) mass is 290 g/mol. The maximum absolute atomic E-state index is 11.8. The average Bonchev–Trinajstić information content (AvgIpc) is 2.29. The zero-order valence-electron chi connectivity index (χ0n) is 10.9. The molecule has 0 aliphatic heterocycles. The van der Waals surface area contributed by atoms with Crippen molar-refractivity contribution in [2.24, 2.45) is 5.92 Å². The highest BCUT2D eigenvalue weighted by Gasteiger charge is 2.15. The number of nitrogens with one attached hydrogen (secondary N) is 2. The molecular formula is C13H20Cl2N2O. The number of benzene rings is 1. The van der Waals surface area contributed by atoms with Crippen LogP contribution in [-0.2, 0) is 4.79 Å². The van der Waals surface area contributed by atoms with Gasteiger partial charge < -0.3 is 10.6 Å². The van der Waals surface area contributed by atoms with E-state index in [4.69, 9.17) is 11.6 Å². The van der Waals surface area contributed by atoms with E-state index >= 15 is 0 Å². The van der Waals surface area contributed by atoms with Crippen LogP contribution in [0.15, 0.2) is 24.3 Å². The van der Waals surface area contributed by atoms with Crippen LogP contribution in [0.3, 0.4) is 0 Å². The van der Waals surface area contributed by atoms with Gasteiger partial charge in [-0.05, 0) is 31.7 Å². The highest BCUT2D eigenvalue weighted by molar-refractivity contribution is 6.30. The van der Waals surface area contributed by atoms with Gasteiger partial charge in [-0.15, -0.1) is 12.4 Å². The molecule has 2 N–H and O–H groups in total. The van der Waals surface area contributed by atoms with E-state index in [1.807, 2.05) is 45.2 Å². The third-order valence-electron chi connectivity index (χ3n) is 2.67. The number of carbonyl (C=O) groups excluding carboxylic acids is 1. The van der Waals surface area contributed by atoms with E-state index in [0.29, 0.717) is 11.6 Å². The van der Waals surface area contributed by atoms with Crippen molar-refractivity contribution in [3.05, 3.63) is 34.9 Å². The lowest BCUT2D eigenvalue weighted by Gasteiger charge is -2.18. The predicted molar refractivity (Wildman–Crippen MR) is 78.3 cm³/mol. The van der Waals surface area contributed by atoms with Crippen molar-refractivity contribution in [3.63, 3.8) is 0 Å². The highest BCUT2D eigenvalue weighted by Crippen LogP contribution is 2.17. The lowest BCUT2D eigenvalue weighted by molar-refractivity contribution is -0.125. The Hall–Kier alpha value is -0.770. The molecule has 1 rings (SSSR count). The Morgan fingerprint density at radius 3 is 2.61 bits per heavy atom. The van der Waals surface area contributed by atoms with Gasteiger partial charge in [0.05, 0.1) is 6.04 Å². The summed E-state index contributed by atoms with van der Waals surface area (Å²) in [5.41, 5.74) is 1.02. The third-order valence-corrected chi connectivity index (χ3v) is 2.90. The summed E-state index contributed by atoms with van der Waals surface area (Å²) in [6.07, 6.45) is 0. The molecule has 18 heavy (non-hydrogen) atoms. The van der Waals surface area contributed by atoms with Gasteiger partial charge in [0.25, 0.3) is 0 Å². The number of hydrogen-bond donors (Lipinski definition) is 2. The second kappa shape index (κ2) is 8.35. The molecule has 3 nitrogen and oxygen atoms in total. The minimum atomic E-state index is -0.0402. The van der Waals surface area contributed by atoms with Crippen LogP contribution in [0.2, 0.25) is 5.02 Å². The average molecular weight is 291 g/mol. The fourth-order valence-corrected chi connectivity index (χ4v) is 1.81. The van der Waals surface area contributed by atoms with Crippen LogP contribution in [-0.4, -0.2) is 19.5 Å². The molecule has 5 heteroatoms. The number of amides is 1. The van der Waals surface area contributed by atoms with E-state index in [-0.39, 0.29) is 30.3 Å². The van der Waals surface area contributed by atoms with Crippen LogP contribution in [0, 0.1) is 5.92 Å². The first-order valence-electron chi connectivity index (χ1n) is 5.75. The zero-order chi connectivity index (χ0) is 12.8. The Kier molecular flexibility index (Phi) is 8.00. The molecule has 0 fully saturated rings. The van der Waals surface area contributed by atoms with E-state index < -0.39 is 0 Å². The van der Waals surface area contributed by atoms with Crippen molar-refractivity contribution in [2.45, 2.75) is 19.9 Å². The Balaban J connectivity index is 0.00000289. The Bertz CT molecular complexity index is 385. The fourth-order valence-electron chi connectivity index (χ4n) is 1.61. The molecule has 2 atom stereocenters. The predicted octanol–water partition coefficient (Wildman–Crippen LogP) is 2.79. The van der Waals surface area contributed by atoms with Gasteiger partial charge in [-0.25, -0.2) is 0 Å². The SMILES string of the molecule is CNCC(C)C(=O)N[C@H](C)c1cccc(Cl)c1.Cl. The summed E-state index contributed by atoms with van der Waals surface area (Å²) >= 11 is 5.92. The molecule has 0 aliphatic carbocycles. The molecule has 0 heterocycles. The zero-order valence-corrected chi connectivity index (χ0v) is 12.4. The quantitative estimate of drug-likeness (QED) is 0.876. The highest BCUT2D eigenvalue weighted by atomic mass is 35.5. The Morgan fingerprint density at radius 2 is 2.06 bits per heavy atom. The van der Waals surface area contributed by atoms with Crippen LogP contribution < -0.4 is 10.6 Å². The van der Waals surface area contributed by atoms with Crippen LogP contribution in [0.5, 0.6) is 0 Å². The van der Waals surface area contributed by atoms with Crippen LogP contribution >= 0.6 is 24.0 Å². The van der Waals surface area contributed by atoms with Gasteiger partial charge in [0.2, 0.25) is 5.91 Å². The van der Waals surface area contributed by atoms with E-state index in [1.165, 1.54) is 0 Å². The van der Waals surface area contributed by atoms with Crippen LogP contribution in [0.4, 0.5) is 0 Å². The van der Waals surface area contributed by atoms with Gasteiger partial charge in [-0.2, -0.15) is 0 Å². The van der Waals surface area contributed by atoms with Gasteiger partial charge >= 0.3 is 0 Å². The van der Waals surface area contributed by atoms with E-state index in [1.54, 1.807) is 0 Å². The second-order valence-corrected chi connectivity index (χ2v) is 4.68. The first-order valence-corrected chi connectivity index (χ1v) is 6.12. The molecule has 1 aromatic carbocycles. The molecule has 1 unspecified atom stereocenters. The normalized spacial score (nSPS) is 13.3. The van der Waals surface area contributed by atoms with E-state index in [2.05, 4.69) is 10.6 Å². The van der Waals surface area contributed by atoms with Crippen LogP contribution in [0.25, 0.3) is 0 Å². The van der Waals surface area contributed by atoms with Crippen molar-refractivity contribution in [2.75, 3.05) is 13.6 Å². The molecule has 0 aromatic heterocycles. The number of carbonyl (C=O) groups is 1. The molecule has 0 aliphatic rings. The topological polar surface area (TPSA) is 41.1 Å². The fraction of sp³-hybridized carbons (Fsp3) is 0.462. The van der Waals surface area contributed by atoms with Crippen LogP contribution in [0.1, 0.15) is 25.5 Å². The number of rotatable bonds is 5. The van der Waals surface area contributed by atoms with Gasteiger partial charge in [-0.3, -0.25) is 4.79 Å². The minimum absolute atomic E-state index is 0. The minimum Gasteiger partial charge on any atom is -0.349 e. The number of hydrogen-bond acceptors (Lipinski definition) is 2. The summed E-state index contributed by atoms with van der Waals surface area (Å²) in [5, 5.41) is 6.65. The van der Waals surface area contributed by atoms with Crippen molar-refractivity contribution in [1.82, 2.24) is 10.6 Å². The van der Waals surface area contributed by atoms with Crippen molar-refractivity contribution < 1.29 is 4.79 Å². The summed E-state index contributed by atoms with van der Waals surface area (Å²) in [7, 11) is 1.84. The Labute approximate surface area is 120 Å². The summed E-state index contributed by atoms with van der Waals surface area (Å²) in [6, 6.07) is 7.51. The molecular weight excluding hydrogens is 271 g/mol. The van der Waals surface area contributed by atoms with Crippen molar-refractivity contribution in [3.8, 4) is 0 Å². The summed E-state index contributed by atoms with van der Waals surface area (Å²) in [4.78, 5) is 11.8. The maximum atomic E-state index is 11.8. The largest absolute Gasteiger partial charge is 0.349 e. The summed E-state index contributed by atoms with van der Waals surface area (Å²) < 4.78 is 0. The smallest absolute Gasteiger partial charge is 0.224 e. The van der Waals surface area contributed by atoms with Gasteiger partial charge in [0, 0.05) is 17.5 Å². The Morgan fingerprint density at radius 1 is 1.39 bits per heavy atom. The van der Waals surface area contributed by atoms with Gasteiger partial charge in [0.15, 0.2) is 0 Å². The molecule has 0 bridgehead atoms. The van der Waals surface area contributed by atoms with E-state index in [0.717, 1.165) is 5.56 Å². The van der Waals surface area contributed by atoms with Crippen molar-refractivity contribution >= 4 is 29.9 Å². The lowest BCUT2D eigenvalue weighted by atomic mass is 10.1. The molecule has 0 radical (unpaired) electrons. The standard InChI is InChI=1S/C13H19ClN2O.ClH/c1-9(8-15-3)13(17)16-10(2)11-5-4-6-12(14)7-11;/h4-7,9-10,15H,8H2,1-3H3,(H,16,17);1H/t9?,10-;/m1./s1. The molecule has 1 aromatic rings. The van der Waals surface area contributed by atoms with E-state index in [9.17, 15) is 4.79 Å². The molecule has 0 saturated carbocycles. The van der Waals surface area contributed by atoms with Gasteiger partial charge in [0.1, 0.15) is 0 Å². The van der Waals surface area contributed by atoms with Crippen molar-refractivity contribution in [1.29, 1.82) is 0 Å². The molecule has 1 amide bonds.